The van der Waals surface area contributed by atoms with Crippen LogP contribution in [0.1, 0.15) is 18.7 Å². The lowest BCUT2D eigenvalue weighted by Crippen LogP contribution is -2.39. The van der Waals surface area contributed by atoms with Crippen LogP contribution in [0.3, 0.4) is 0 Å². The van der Waals surface area contributed by atoms with E-state index in [0.29, 0.717) is 19.4 Å². The zero-order valence-corrected chi connectivity index (χ0v) is 11.7. The Bertz CT molecular complexity index is 536. The number of rotatable bonds is 4. The van der Waals surface area contributed by atoms with Crippen molar-refractivity contribution in [1.29, 1.82) is 0 Å². The number of carbonyl (C=O) groups excluding carboxylic acids is 1. The molecular weight excluding hydrogens is 258 g/mol. The molecule has 6 nitrogen and oxygen atoms in total. The summed E-state index contributed by atoms with van der Waals surface area (Å²) >= 11 is 0. The predicted molar refractivity (Wildman–Crippen MR) is 72.7 cm³/mol. The van der Waals surface area contributed by atoms with Gasteiger partial charge in [-0.25, -0.2) is 4.98 Å². The van der Waals surface area contributed by atoms with Crippen molar-refractivity contribution in [1.82, 2.24) is 14.5 Å². The van der Waals surface area contributed by atoms with Crippen LogP contribution < -0.4 is 0 Å². The Morgan fingerprint density at radius 2 is 2.05 bits per heavy atom. The summed E-state index contributed by atoms with van der Waals surface area (Å²) in [4.78, 5) is 29.4. The number of allylic oxidation sites excluding steroid dienone is 2. The minimum atomic E-state index is -0.905. The largest absolute Gasteiger partial charge is 0.481 e. The fourth-order valence-corrected chi connectivity index (χ4v) is 2.48. The number of hydrogen-bond acceptors (Lipinski definition) is 3. The van der Waals surface area contributed by atoms with Gasteiger partial charge in [0, 0.05) is 26.5 Å². The highest BCUT2D eigenvalue weighted by atomic mass is 16.4. The predicted octanol–water partition coefficient (Wildman–Crippen LogP) is 1.05. The van der Waals surface area contributed by atoms with Crippen molar-refractivity contribution in [2.24, 2.45) is 18.9 Å². The highest BCUT2D eigenvalue weighted by Gasteiger charge is 2.35. The molecule has 0 saturated carbocycles. The van der Waals surface area contributed by atoms with Gasteiger partial charge in [-0.3, -0.25) is 9.59 Å². The molecule has 1 amide bonds. The van der Waals surface area contributed by atoms with Gasteiger partial charge in [0.25, 0.3) is 0 Å². The number of aryl methyl sites for hydroxylation is 1. The summed E-state index contributed by atoms with van der Waals surface area (Å²) in [5.74, 6) is -1.37. The maximum Gasteiger partial charge on any atom is 0.307 e. The van der Waals surface area contributed by atoms with Crippen LogP contribution in [0.2, 0.25) is 0 Å². The minimum absolute atomic E-state index is 0.134. The quantitative estimate of drug-likeness (QED) is 0.835. The lowest BCUT2D eigenvalue weighted by molar-refractivity contribution is -0.150. The Morgan fingerprint density at radius 3 is 2.60 bits per heavy atom. The van der Waals surface area contributed by atoms with Crippen molar-refractivity contribution in [3.05, 3.63) is 30.4 Å². The molecule has 0 aromatic carbocycles. The molecule has 0 bridgehead atoms. The zero-order chi connectivity index (χ0) is 14.7. The second-order valence-corrected chi connectivity index (χ2v) is 5.14. The Labute approximate surface area is 117 Å². The number of carbonyl (C=O) groups is 2. The van der Waals surface area contributed by atoms with Crippen LogP contribution in [0.4, 0.5) is 0 Å². The molecule has 0 fully saturated rings. The van der Waals surface area contributed by atoms with Crippen molar-refractivity contribution >= 4 is 11.9 Å². The van der Waals surface area contributed by atoms with Crippen molar-refractivity contribution in [2.45, 2.75) is 19.4 Å². The third-order valence-electron chi connectivity index (χ3n) is 3.74. The number of amides is 1. The molecule has 1 aromatic heterocycles. The van der Waals surface area contributed by atoms with E-state index in [4.69, 9.17) is 0 Å². The van der Waals surface area contributed by atoms with Gasteiger partial charge in [-0.1, -0.05) is 12.2 Å². The van der Waals surface area contributed by atoms with Crippen molar-refractivity contribution in [3.8, 4) is 0 Å². The summed E-state index contributed by atoms with van der Waals surface area (Å²) < 4.78 is 1.85. The topological polar surface area (TPSA) is 75.4 Å². The Balaban J connectivity index is 2.07. The Morgan fingerprint density at radius 1 is 1.40 bits per heavy atom. The van der Waals surface area contributed by atoms with Crippen LogP contribution in [0, 0.1) is 11.8 Å². The van der Waals surface area contributed by atoms with Gasteiger partial charge in [-0.2, -0.15) is 0 Å². The summed E-state index contributed by atoms with van der Waals surface area (Å²) in [5, 5.41) is 9.22. The van der Waals surface area contributed by atoms with Gasteiger partial charge in [0.15, 0.2) is 0 Å². The first-order chi connectivity index (χ1) is 9.50. The SMILES string of the molecule is CN(Cc1nccn1C)C(=O)[C@@H]1CC=CC[C@@H]1C(=O)O. The van der Waals surface area contributed by atoms with Gasteiger partial charge in [0.1, 0.15) is 5.82 Å². The third kappa shape index (κ3) is 2.89. The van der Waals surface area contributed by atoms with Crippen molar-refractivity contribution < 1.29 is 14.7 Å². The van der Waals surface area contributed by atoms with Crippen molar-refractivity contribution in [2.75, 3.05) is 7.05 Å². The molecule has 2 atom stereocenters. The molecule has 1 N–H and O–H groups in total. The summed E-state index contributed by atoms with van der Waals surface area (Å²) in [6, 6.07) is 0. The molecule has 1 heterocycles. The van der Waals surface area contributed by atoms with E-state index < -0.39 is 17.8 Å². The smallest absolute Gasteiger partial charge is 0.307 e. The summed E-state index contributed by atoms with van der Waals surface area (Å²) in [6.07, 6.45) is 8.12. The van der Waals surface area contributed by atoms with E-state index in [2.05, 4.69) is 4.98 Å². The van der Waals surface area contributed by atoms with Crippen molar-refractivity contribution in [3.63, 3.8) is 0 Å². The van der Waals surface area contributed by atoms with Gasteiger partial charge in [0.05, 0.1) is 18.4 Å². The van der Waals surface area contributed by atoms with E-state index in [0.717, 1.165) is 5.82 Å². The second-order valence-electron chi connectivity index (χ2n) is 5.14. The first kappa shape index (κ1) is 14.3. The molecule has 1 aliphatic rings. The van der Waals surface area contributed by atoms with Gasteiger partial charge in [0.2, 0.25) is 5.91 Å². The van der Waals surface area contributed by atoms with Gasteiger partial charge >= 0.3 is 5.97 Å². The van der Waals surface area contributed by atoms with Crippen LogP contribution in [0.15, 0.2) is 24.5 Å². The van der Waals surface area contributed by atoms with E-state index in [1.54, 1.807) is 18.1 Å². The maximum atomic E-state index is 12.4. The molecule has 0 unspecified atom stereocenters. The van der Waals surface area contributed by atoms with Crippen LogP contribution in [0.25, 0.3) is 0 Å². The molecule has 0 radical (unpaired) electrons. The molecule has 20 heavy (non-hydrogen) atoms. The number of carboxylic acids is 1. The molecule has 0 saturated heterocycles. The molecule has 2 rings (SSSR count). The van der Waals surface area contributed by atoms with E-state index in [-0.39, 0.29) is 5.91 Å². The number of aromatic nitrogens is 2. The summed E-state index contributed by atoms with van der Waals surface area (Å²) in [6.45, 7) is 0.384. The van der Waals surface area contributed by atoms with Gasteiger partial charge in [-0.15, -0.1) is 0 Å². The Hall–Kier alpha value is -2.11. The second kappa shape index (κ2) is 5.90. The average molecular weight is 277 g/mol. The fraction of sp³-hybridized carbons (Fsp3) is 0.500. The number of carboxylic acid groups (broad SMARTS) is 1. The fourth-order valence-electron chi connectivity index (χ4n) is 2.48. The molecule has 0 spiro atoms. The average Bonchev–Trinajstić information content (AvgIpc) is 2.83. The lowest BCUT2D eigenvalue weighted by atomic mass is 9.82. The Kier molecular flexibility index (Phi) is 4.22. The molecule has 6 heteroatoms. The number of nitrogens with zero attached hydrogens (tertiary/aromatic N) is 3. The van der Waals surface area contributed by atoms with Gasteiger partial charge in [-0.05, 0) is 12.8 Å². The lowest BCUT2D eigenvalue weighted by Gasteiger charge is -2.28. The summed E-state index contributed by atoms with van der Waals surface area (Å²) in [5.41, 5.74) is 0. The molecule has 1 aliphatic carbocycles. The van der Waals surface area contributed by atoms with Crippen LogP contribution in [0.5, 0.6) is 0 Å². The first-order valence-corrected chi connectivity index (χ1v) is 6.59. The standard InChI is InChI=1S/C14H19N3O3/c1-16-8-7-15-12(16)9-17(2)13(18)10-5-3-4-6-11(10)14(19)20/h3-4,7-8,10-11H,5-6,9H2,1-2H3,(H,19,20)/t10-,11+/m1/s1. The number of aliphatic carboxylic acids is 1. The van der Waals surface area contributed by atoms with E-state index in [1.165, 1.54) is 0 Å². The normalized spacial score (nSPS) is 21.7. The maximum absolute atomic E-state index is 12.4. The monoisotopic (exact) mass is 277 g/mol. The number of imidazole rings is 1. The van der Waals surface area contributed by atoms with Crippen LogP contribution >= 0.6 is 0 Å². The van der Waals surface area contributed by atoms with E-state index >= 15 is 0 Å². The van der Waals surface area contributed by atoms with E-state index in [9.17, 15) is 14.7 Å². The number of hydrogen-bond donors (Lipinski definition) is 1. The van der Waals surface area contributed by atoms with Crippen LogP contribution in [-0.4, -0.2) is 38.5 Å². The van der Waals surface area contributed by atoms with Crippen LogP contribution in [-0.2, 0) is 23.2 Å². The molecular formula is C14H19N3O3. The zero-order valence-electron chi connectivity index (χ0n) is 11.7. The third-order valence-corrected chi connectivity index (χ3v) is 3.74. The summed E-state index contributed by atoms with van der Waals surface area (Å²) in [7, 11) is 3.55. The minimum Gasteiger partial charge on any atom is -0.481 e. The van der Waals surface area contributed by atoms with Gasteiger partial charge < -0.3 is 14.6 Å². The highest BCUT2D eigenvalue weighted by molar-refractivity contribution is 5.85. The van der Waals surface area contributed by atoms with E-state index in [1.807, 2.05) is 30.0 Å². The molecule has 108 valence electrons. The molecule has 0 aliphatic heterocycles. The highest BCUT2D eigenvalue weighted by Crippen LogP contribution is 2.27. The first-order valence-electron chi connectivity index (χ1n) is 6.59. The molecule has 1 aromatic rings.